The molecule has 1 N–H and O–H groups in total. The number of amides is 1. The molecule has 5 heteroatoms. The van der Waals surface area contributed by atoms with Crippen molar-refractivity contribution in [3.05, 3.63) is 107 Å². The Morgan fingerprint density at radius 2 is 1.42 bits per heavy atom. The van der Waals surface area contributed by atoms with Crippen LogP contribution >= 0.6 is 11.3 Å². The van der Waals surface area contributed by atoms with Gasteiger partial charge in [-0.2, -0.15) is 0 Å². The Morgan fingerprint density at radius 3 is 2.06 bits per heavy atom. The first-order valence-electron chi connectivity index (χ1n) is 11.1. The molecule has 4 nitrogen and oxygen atoms in total. The second-order valence-corrected chi connectivity index (χ2v) is 9.21. The highest BCUT2D eigenvalue weighted by Gasteiger charge is 2.24. The van der Waals surface area contributed by atoms with Gasteiger partial charge >= 0.3 is 0 Å². The van der Waals surface area contributed by atoms with E-state index in [0.29, 0.717) is 30.8 Å². The first-order valence-corrected chi connectivity index (χ1v) is 11.9. The minimum atomic E-state index is 0.0112. The number of carbonyl (C=O) groups excluding carboxylic acids is 1. The molecule has 1 fully saturated rings. The zero-order valence-electron chi connectivity index (χ0n) is 18.2. The van der Waals surface area contributed by atoms with E-state index < -0.39 is 0 Å². The van der Waals surface area contributed by atoms with Crippen molar-refractivity contribution in [2.45, 2.75) is 32.1 Å². The van der Waals surface area contributed by atoms with E-state index in [1.165, 1.54) is 11.3 Å². The molecule has 5 rings (SSSR count). The first-order chi connectivity index (χ1) is 16.2. The van der Waals surface area contributed by atoms with E-state index >= 15 is 0 Å². The number of benzene rings is 3. The van der Waals surface area contributed by atoms with Crippen LogP contribution in [0.5, 0.6) is 11.5 Å². The Labute approximate surface area is 197 Å². The van der Waals surface area contributed by atoms with Crippen LogP contribution in [0.3, 0.4) is 0 Å². The van der Waals surface area contributed by atoms with E-state index in [9.17, 15) is 4.79 Å². The van der Waals surface area contributed by atoms with Crippen molar-refractivity contribution in [2.24, 2.45) is 0 Å². The smallest absolute Gasteiger partial charge is 0.261 e. The summed E-state index contributed by atoms with van der Waals surface area (Å²) in [5, 5.41) is 3.05. The summed E-state index contributed by atoms with van der Waals surface area (Å²) in [5.41, 5.74) is 3.19. The molecule has 0 spiro atoms. The van der Waals surface area contributed by atoms with Crippen LogP contribution in [0.15, 0.2) is 91.0 Å². The minimum absolute atomic E-state index is 0.0112. The van der Waals surface area contributed by atoms with E-state index in [0.717, 1.165) is 39.3 Å². The molecule has 4 aromatic rings. The Balaban J connectivity index is 1.36. The summed E-state index contributed by atoms with van der Waals surface area (Å²) in [5.74, 6) is 1.39. The fourth-order valence-electron chi connectivity index (χ4n) is 3.46. The fourth-order valence-corrected chi connectivity index (χ4v) is 4.37. The third-order valence-corrected chi connectivity index (χ3v) is 6.58. The van der Waals surface area contributed by atoms with Gasteiger partial charge in [0, 0.05) is 10.9 Å². The van der Waals surface area contributed by atoms with Crippen LogP contribution in [0.1, 0.15) is 33.6 Å². The van der Waals surface area contributed by atoms with Crippen LogP contribution in [0.25, 0.3) is 10.4 Å². The van der Waals surface area contributed by atoms with Gasteiger partial charge in [-0.1, -0.05) is 60.7 Å². The van der Waals surface area contributed by atoms with Gasteiger partial charge in [-0.3, -0.25) is 4.79 Å². The van der Waals surface area contributed by atoms with E-state index in [1.807, 2.05) is 91.0 Å². The molecular weight excluding hydrogens is 430 g/mol. The highest BCUT2D eigenvalue weighted by atomic mass is 32.1. The van der Waals surface area contributed by atoms with Crippen molar-refractivity contribution in [1.29, 1.82) is 0 Å². The second-order valence-electron chi connectivity index (χ2n) is 8.12. The van der Waals surface area contributed by atoms with Gasteiger partial charge in [-0.25, -0.2) is 0 Å². The van der Waals surface area contributed by atoms with Crippen LogP contribution < -0.4 is 14.8 Å². The SMILES string of the molecule is O=C(NC1CC1)c1ccc(-c2ccc(OCc3ccccc3)c(OCc3ccccc3)c2)s1. The molecule has 0 radical (unpaired) electrons. The van der Waals surface area contributed by atoms with Gasteiger partial charge in [0.25, 0.3) is 5.91 Å². The summed E-state index contributed by atoms with van der Waals surface area (Å²) in [7, 11) is 0. The number of thiophene rings is 1. The van der Waals surface area contributed by atoms with Crippen LogP contribution in [-0.4, -0.2) is 11.9 Å². The summed E-state index contributed by atoms with van der Waals surface area (Å²) in [6.07, 6.45) is 2.16. The van der Waals surface area contributed by atoms with Gasteiger partial charge in [0.15, 0.2) is 11.5 Å². The van der Waals surface area contributed by atoms with Gasteiger partial charge in [-0.15, -0.1) is 11.3 Å². The number of nitrogens with one attached hydrogen (secondary N) is 1. The van der Waals surface area contributed by atoms with Gasteiger partial charge in [0.1, 0.15) is 13.2 Å². The second kappa shape index (κ2) is 9.92. The summed E-state index contributed by atoms with van der Waals surface area (Å²) in [6, 6.07) is 30.4. The molecule has 33 heavy (non-hydrogen) atoms. The Kier molecular flexibility index (Phi) is 6.40. The lowest BCUT2D eigenvalue weighted by Gasteiger charge is -2.14. The summed E-state index contributed by atoms with van der Waals surface area (Å²) in [6.45, 7) is 0.915. The maximum Gasteiger partial charge on any atom is 0.261 e. The molecule has 0 bridgehead atoms. The average Bonchev–Trinajstić information content (AvgIpc) is 3.53. The molecule has 1 heterocycles. The van der Waals surface area contributed by atoms with E-state index in [1.54, 1.807) is 0 Å². The monoisotopic (exact) mass is 455 g/mol. The summed E-state index contributed by atoms with van der Waals surface area (Å²) >= 11 is 1.49. The molecule has 166 valence electrons. The Morgan fingerprint density at radius 1 is 0.788 bits per heavy atom. The maximum atomic E-state index is 12.4. The molecule has 1 aliphatic carbocycles. The highest BCUT2D eigenvalue weighted by Crippen LogP contribution is 2.36. The lowest BCUT2D eigenvalue weighted by Crippen LogP contribution is -2.24. The van der Waals surface area contributed by atoms with Gasteiger partial charge in [0.05, 0.1) is 4.88 Å². The largest absolute Gasteiger partial charge is 0.485 e. The number of rotatable bonds is 9. The van der Waals surface area contributed by atoms with Crippen LogP contribution in [0.2, 0.25) is 0 Å². The molecule has 0 saturated heterocycles. The van der Waals surface area contributed by atoms with Crippen LogP contribution in [0, 0.1) is 0 Å². The molecule has 3 aromatic carbocycles. The van der Waals surface area contributed by atoms with Crippen LogP contribution in [0.4, 0.5) is 0 Å². The van der Waals surface area contributed by atoms with Crippen molar-refractivity contribution in [3.63, 3.8) is 0 Å². The molecule has 1 aliphatic rings. The van der Waals surface area contributed by atoms with E-state index in [-0.39, 0.29) is 5.91 Å². The van der Waals surface area contributed by atoms with Gasteiger partial charge < -0.3 is 14.8 Å². The van der Waals surface area contributed by atoms with Crippen molar-refractivity contribution in [1.82, 2.24) is 5.32 Å². The molecule has 1 saturated carbocycles. The molecular formula is C28H25NO3S. The predicted molar refractivity (Wildman–Crippen MR) is 132 cm³/mol. The number of hydrogen-bond donors (Lipinski definition) is 1. The van der Waals surface area contributed by atoms with Crippen molar-refractivity contribution >= 4 is 17.2 Å². The van der Waals surface area contributed by atoms with Gasteiger partial charge in [-0.05, 0) is 59.9 Å². The molecule has 1 amide bonds. The maximum absolute atomic E-state index is 12.4. The van der Waals surface area contributed by atoms with Gasteiger partial charge in [0.2, 0.25) is 0 Å². The van der Waals surface area contributed by atoms with Crippen molar-refractivity contribution < 1.29 is 14.3 Å². The number of carbonyl (C=O) groups is 1. The lowest BCUT2D eigenvalue weighted by atomic mass is 10.1. The highest BCUT2D eigenvalue weighted by molar-refractivity contribution is 7.17. The normalized spacial score (nSPS) is 12.8. The fraction of sp³-hybridized carbons (Fsp3) is 0.179. The van der Waals surface area contributed by atoms with E-state index in [4.69, 9.17) is 9.47 Å². The quantitative estimate of drug-likeness (QED) is 0.315. The molecule has 1 aromatic heterocycles. The third-order valence-electron chi connectivity index (χ3n) is 5.44. The Hall–Kier alpha value is -3.57. The molecule has 0 unspecified atom stereocenters. The Bertz CT molecular complexity index is 1220. The molecule has 0 atom stereocenters. The third kappa shape index (κ3) is 5.62. The average molecular weight is 456 g/mol. The number of hydrogen-bond acceptors (Lipinski definition) is 4. The number of ether oxygens (including phenoxy) is 2. The van der Waals surface area contributed by atoms with E-state index in [2.05, 4.69) is 5.32 Å². The van der Waals surface area contributed by atoms with Crippen molar-refractivity contribution in [2.75, 3.05) is 0 Å². The lowest BCUT2D eigenvalue weighted by molar-refractivity contribution is 0.0955. The topological polar surface area (TPSA) is 47.6 Å². The zero-order valence-corrected chi connectivity index (χ0v) is 19.0. The van der Waals surface area contributed by atoms with Crippen LogP contribution in [-0.2, 0) is 13.2 Å². The first kappa shape index (κ1) is 21.3. The standard InChI is InChI=1S/C28H25NO3S/c30-28(29-23-12-13-23)27-16-15-26(33-27)22-11-14-24(31-18-20-7-3-1-4-8-20)25(17-22)32-19-21-9-5-2-6-10-21/h1-11,14-17,23H,12-13,18-19H2,(H,29,30). The minimum Gasteiger partial charge on any atom is -0.485 e. The summed E-state index contributed by atoms with van der Waals surface area (Å²) in [4.78, 5) is 14.1. The summed E-state index contributed by atoms with van der Waals surface area (Å²) < 4.78 is 12.3. The zero-order chi connectivity index (χ0) is 22.5. The molecule has 0 aliphatic heterocycles. The predicted octanol–water partition coefficient (Wildman–Crippen LogP) is 6.47. The van der Waals surface area contributed by atoms with Crippen molar-refractivity contribution in [3.8, 4) is 21.9 Å².